The first kappa shape index (κ1) is 16.8. The third-order valence-electron chi connectivity index (χ3n) is 4.20. The van der Waals surface area contributed by atoms with Crippen LogP contribution in [0.3, 0.4) is 0 Å². The van der Waals surface area contributed by atoms with Crippen molar-refractivity contribution in [3.05, 3.63) is 58.5 Å². The fourth-order valence-electron chi connectivity index (χ4n) is 2.83. The van der Waals surface area contributed by atoms with Gasteiger partial charge in [0, 0.05) is 37.1 Å². The lowest BCUT2D eigenvalue weighted by Gasteiger charge is -2.34. The summed E-state index contributed by atoms with van der Waals surface area (Å²) in [5.41, 5.74) is 1.70. The van der Waals surface area contributed by atoms with Crippen LogP contribution >= 0.6 is 15.9 Å². The molecular formula is C18H19BrN2O3. The number of halogens is 1. The molecule has 5 nitrogen and oxygen atoms in total. The van der Waals surface area contributed by atoms with Crippen LogP contribution in [0.4, 0.5) is 0 Å². The number of hydrogen-bond donors (Lipinski definition) is 0. The highest BCUT2D eigenvalue weighted by Gasteiger charge is 2.25. The number of carbonyl (C=O) groups is 2. The Balaban J connectivity index is 1.47. The number of benzene rings is 1. The highest BCUT2D eigenvalue weighted by Crippen LogP contribution is 2.14. The first-order valence-electron chi connectivity index (χ1n) is 7.97. The van der Waals surface area contributed by atoms with Crippen molar-refractivity contribution in [1.82, 2.24) is 9.80 Å². The summed E-state index contributed by atoms with van der Waals surface area (Å²) in [6, 6.07) is 9.68. The number of carbonyl (C=O) groups excluding carboxylic acids is 2. The van der Waals surface area contributed by atoms with E-state index in [1.165, 1.54) is 12.5 Å². The zero-order chi connectivity index (χ0) is 16.9. The van der Waals surface area contributed by atoms with E-state index >= 15 is 0 Å². The molecule has 0 bridgehead atoms. The minimum atomic E-state index is -0.0371. The first-order chi connectivity index (χ1) is 11.6. The van der Waals surface area contributed by atoms with Gasteiger partial charge in [-0.15, -0.1) is 0 Å². The molecule has 3 rings (SSSR count). The molecule has 6 heteroatoms. The number of amides is 2. The number of rotatable bonds is 4. The fourth-order valence-corrected chi connectivity index (χ4v) is 3.28. The molecule has 0 saturated carbocycles. The average molecular weight is 391 g/mol. The minimum absolute atomic E-state index is 0.0371. The zero-order valence-corrected chi connectivity index (χ0v) is 14.9. The van der Waals surface area contributed by atoms with Crippen LogP contribution in [0.25, 0.3) is 0 Å². The third-order valence-corrected chi connectivity index (χ3v) is 4.70. The van der Waals surface area contributed by atoms with Crippen LogP contribution in [-0.4, -0.2) is 47.8 Å². The average Bonchev–Trinajstić information content (AvgIpc) is 3.14. The summed E-state index contributed by atoms with van der Waals surface area (Å²) >= 11 is 3.44. The minimum Gasteiger partial charge on any atom is -0.472 e. The molecule has 0 unspecified atom stereocenters. The lowest BCUT2D eigenvalue weighted by atomic mass is 10.1. The van der Waals surface area contributed by atoms with Crippen molar-refractivity contribution in [2.45, 2.75) is 12.8 Å². The molecular weight excluding hydrogens is 372 g/mol. The number of piperazine rings is 1. The fraction of sp³-hybridized carbons (Fsp3) is 0.333. The van der Waals surface area contributed by atoms with Gasteiger partial charge in [0.1, 0.15) is 6.26 Å². The maximum atomic E-state index is 12.4. The smallest absolute Gasteiger partial charge is 0.257 e. The molecule has 1 saturated heterocycles. The Morgan fingerprint density at radius 2 is 1.83 bits per heavy atom. The van der Waals surface area contributed by atoms with Gasteiger partial charge in [0.2, 0.25) is 5.91 Å². The van der Waals surface area contributed by atoms with E-state index in [-0.39, 0.29) is 11.8 Å². The van der Waals surface area contributed by atoms with E-state index in [0.29, 0.717) is 38.2 Å². The topological polar surface area (TPSA) is 53.8 Å². The number of aryl methyl sites for hydroxylation is 1. The van der Waals surface area contributed by atoms with Crippen LogP contribution in [0.15, 0.2) is 51.7 Å². The summed E-state index contributed by atoms with van der Waals surface area (Å²) in [6.07, 6.45) is 4.17. The molecule has 0 N–H and O–H groups in total. The van der Waals surface area contributed by atoms with E-state index in [2.05, 4.69) is 15.9 Å². The summed E-state index contributed by atoms with van der Waals surface area (Å²) in [7, 11) is 0. The second-order valence-electron chi connectivity index (χ2n) is 5.81. The molecule has 1 fully saturated rings. The Bertz CT molecular complexity index is 707. The summed E-state index contributed by atoms with van der Waals surface area (Å²) in [6.45, 7) is 2.29. The van der Waals surface area contributed by atoms with Gasteiger partial charge in [-0.3, -0.25) is 9.59 Å². The Morgan fingerprint density at radius 3 is 2.50 bits per heavy atom. The molecule has 1 aliphatic heterocycles. The van der Waals surface area contributed by atoms with E-state index in [1.807, 2.05) is 29.2 Å². The Kier molecular flexibility index (Phi) is 5.35. The maximum Gasteiger partial charge on any atom is 0.257 e. The number of furan rings is 1. The summed E-state index contributed by atoms with van der Waals surface area (Å²) < 4.78 is 5.98. The van der Waals surface area contributed by atoms with Crippen molar-refractivity contribution in [2.75, 3.05) is 26.2 Å². The molecule has 2 heterocycles. The van der Waals surface area contributed by atoms with Gasteiger partial charge in [0.15, 0.2) is 0 Å². The largest absolute Gasteiger partial charge is 0.472 e. The van der Waals surface area contributed by atoms with Crippen molar-refractivity contribution >= 4 is 27.7 Å². The van der Waals surface area contributed by atoms with Gasteiger partial charge < -0.3 is 14.2 Å². The number of hydrogen-bond acceptors (Lipinski definition) is 3. The molecule has 0 aliphatic carbocycles. The molecule has 2 aromatic rings. The predicted molar refractivity (Wildman–Crippen MR) is 93.7 cm³/mol. The molecule has 126 valence electrons. The standard InChI is InChI=1S/C18H19BrN2O3/c19-16-3-1-2-14(12-16)4-5-17(22)20-7-9-21(10-8-20)18(23)15-6-11-24-13-15/h1-3,6,11-13H,4-5,7-10H2. The second-order valence-corrected chi connectivity index (χ2v) is 6.73. The van der Waals surface area contributed by atoms with Gasteiger partial charge in [-0.25, -0.2) is 0 Å². The van der Waals surface area contributed by atoms with Gasteiger partial charge in [-0.05, 0) is 30.2 Å². The maximum absolute atomic E-state index is 12.4. The molecule has 1 aromatic heterocycles. The molecule has 0 radical (unpaired) electrons. The van der Waals surface area contributed by atoms with Crippen molar-refractivity contribution in [1.29, 1.82) is 0 Å². The van der Waals surface area contributed by atoms with Crippen molar-refractivity contribution in [2.24, 2.45) is 0 Å². The molecule has 24 heavy (non-hydrogen) atoms. The van der Waals surface area contributed by atoms with Crippen molar-refractivity contribution in [3.8, 4) is 0 Å². The normalized spacial score (nSPS) is 14.7. The van der Waals surface area contributed by atoms with Gasteiger partial charge in [-0.1, -0.05) is 28.1 Å². The van der Waals surface area contributed by atoms with Crippen LogP contribution in [0.2, 0.25) is 0 Å². The van der Waals surface area contributed by atoms with Crippen LogP contribution in [0.5, 0.6) is 0 Å². The lowest BCUT2D eigenvalue weighted by molar-refractivity contribution is -0.132. The number of nitrogens with zero attached hydrogens (tertiary/aromatic N) is 2. The van der Waals surface area contributed by atoms with Crippen LogP contribution in [-0.2, 0) is 11.2 Å². The molecule has 1 aliphatic rings. The molecule has 1 aromatic carbocycles. The quantitative estimate of drug-likeness (QED) is 0.806. The van der Waals surface area contributed by atoms with Crippen LogP contribution < -0.4 is 0 Å². The highest BCUT2D eigenvalue weighted by atomic mass is 79.9. The van der Waals surface area contributed by atoms with E-state index in [1.54, 1.807) is 11.0 Å². The highest BCUT2D eigenvalue weighted by molar-refractivity contribution is 9.10. The SMILES string of the molecule is O=C(CCc1cccc(Br)c1)N1CCN(C(=O)c2ccoc2)CC1. The molecule has 0 spiro atoms. The van der Waals surface area contributed by atoms with Gasteiger partial charge in [0.25, 0.3) is 5.91 Å². The van der Waals surface area contributed by atoms with E-state index in [9.17, 15) is 9.59 Å². The Hall–Kier alpha value is -2.08. The summed E-state index contributed by atoms with van der Waals surface area (Å²) in [4.78, 5) is 28.2. The van der Waals surface area contributed by atoms with E-state index < -0.39 is 0 Å². The predicted octanol–water partition coefficient (Wildman–Crippen LogP) is 2.96. The second kappa shape index (κ2) is 7.66. The van der Waals surface area contributed by atoms with E-state index in [4.69, 9.17) is 4.42 Å². The van der Waals surface area contributed by atoms with Gasteiger partial charge in [-0.2, -0.15) is 0 Å². The van der Waals surface area contributed by atoms with Crippen molar-refractivity contribution < 1.29 is 14.0 Å². The van der Waals surface area contributed by atoms with E-state index in [0.717, 1.165) is 16.5 Å². The lowest BCUT2D eigenvalue weighted by Crippen LogP contribution is -2.50. The summed E-state index contributed by atoms with van der Waals surface area (Å²) in [5.74, 6) is 0.107. The van der Waals surface area contributed by atoms with Crippen molar-refractivity contribution in [3.63, 3.8) is 0 Å². The molecule has 2 amide bonds. The Morgan fingerprint density at radius 1 is 1.08 bits per heavy atom. The first-order valence-corrected chi connectivity index (χ1v) is 8.76. The summed E-state index contributed by atoms with van der Waals surface area (Å²) in [5, 5.41) is 0. The van der Waals surface area contributed by atoms with Crippen LogP contribution in [0, 0.1) is 0 Å². The van der Waals surface area contributed by atoms with Gasteiger partial charge in [0.05, 0.1) is 11.8 Å². The Labute approximate surface area is 149 Å². The zero-order valence-electron chi connectivity index (χ0n) is 13.3. The van der Waals surface area contributed by atoms with Crippen LogP contribution in [0.1, 0.15) is 22.3 Å². The monoisotopic (exact) mass is 390 g/mol. The third kappa shape index (κ3) is 4.06. The van der Waals surface area contributed by atoms with Gasteiger partial charge >= 0.3 is 0 Å². The molecule has 0 atom stereocenters.